The van der Waals surface area contributed by atoms with Gasteiger partial charge in [-0.15, -0.1) is 0 Å². The number of rotatable bonds is 7. The Labute approximate surface area is 189 Å². The quantitative estimate of drug-likeness (QED) is 0.246. The predicted molar refractivity (Wildman–Crippen MR) is 119 cm³/mol. The average Bonchev–Trinajstić information content (AvgIpc) is 3.47. The third-order valence-corrected chi connectivity index (χ3v) is 6.53. The number of carboxylic acids is 1. The maximum absolute atomic E-state index is 12.6. The van der Waals surface area contributed by atoms with E-state index in [9.17, 15) is 24.7 Å². The molecule has 8 heteroatoms. The van der Waals surface area contributed by atoms with Gasteiger partial charge in [0.25, 0.3) is 11.8 Å². The van der Waals surface area contributed by atoms with Gasteiger partial charge in [0, 0.05) is 35.9 Å². The van der Waals surface area contributed by atoms with E-state index in [4.69, 9.17) is 4.42 Å². The van der Waals surface area contributed by atoms with E-state index in [1.165, 1.54) is 5.56 Å². The van der Waals surface area contributed by atoms with Gasteiger partial charge in [-0.25, -0.2) is 0 Å². The number of oxime groups is 1. The second-order valence-electron chi connectivity index (χ2n) is 8.45. The van der Waals surface area contributed by atoms with Crippen LogP contribution in [0.25, 0.3) is 11.0 Å². The molecule has 3 aromatic rings. The molecule has 2 aliphatic rings. The van der Waals surface area contributed by atoms with Crippen LogP contribution in [-0.4, -0.2) is 45.3 Å². The Hall–Kier alpha value is -3.94. The van der Waals surface area contributed by atoms with Gasteiger partial charge in [0.05, 0.1) is 22.8 Å². The average molecular weight is 446 g/mol. The number of imide groups is 1. The standard InChI is InChI=1S/C25H22N2O6/c28-23-18-4-1-2-5-19(18)24(29)27(23)11-10-15(25(30)31)12-20(26-32)14-8-9-17-16-6-3-7-21(16)33-22(17)13-14/h1-2,4-5,8-9,13,15,32H,3,6-7,10-12H2,(H,30,31). The molecule has 1 aliphatic carbocycles. The van der Waals surface area contributed by atoms with Crippen molar-refractivity contribution in [2.75, 3.05) is 6.54 Å². The normalized spacial score (nSPS) is 16.4. The van der Waals surface area contributed by atoms with Gasteiger partial charge in [-0.05, 0) is 37.5 Å². The van der Waals surface area contributed by atoms with Crippen molar-refractivity contribution >= 4 is 34.5 Å². The minimum absolute atomic E-state index is 0.0358. The van der Waals surface area contributed by atoms with Crippen molar-refractivity contribution in [3.05, 3.63) is 70.5 Å². The smallest absolute Gasteiger partial charge is 0.306 e. The van der Waals surface area contributed by atoms with E-state index < -0.39 is 23.7 Å². The van der Waals surface area contributed by atoms with Crippen LogP contribution < -0.4 is 0 Å². The third-order valence-electron chi connectivity index (χ3n) is 6.53. The number of carbonyl (C=O) groups excluding carboxylic acids is 2. The van der Waals surface area contributed by atoms with Crippen LogP contribution in [0.5, 0.6) is 0 Å². The Morgan fingerprint density at radius 2 is 1.82 bits per heavy atom. The number of carboxylic acid groups (broad SMARTS) is 1. The number of hydrogen-bond donors (Lipinski definition) is 2. The molecule has 2 N–H and O–H groups in total. The van der Waals surface area contributed by atoms with Crippen LogP contribution >= 0.6 is 0 Å². The largest absolute Gasteiger partial charge is 0.481 e. The molecule has 0 fully saturated rings. The second-order valence-corrected chi connectivity index (χ2v) is 8.45. The summed E-state index contributed by atoms with van der Waals surface area (Å²) in [4.78, 5) is 38.1. The lowest BCUT2D eigenvalue weighted by Crippen LogP contribution is -2.33. The van der Waals surface area contributed by atoms with E-state index in [-0.39, 0.29) is 25.1 Å². The maximum atomic E-state index is 12.6. The summed E-state index contributed by atoms with van der Waals surface area (Å²) in [5.74, 6) is -1.91. The van der Waals surface area contributed by atoms with E-state index in [1.54, 1.807) is 36.4 Å². The Morgan fingerprint density at radius 1 is 1.09 bits per heavy atom. The first-order valence-electron chi connectivity index (χ1n) is 10.9. The number of aliphatic carboxylic acids is 1. The van der Waals surface area contributed by atoms with Gasteiger partial charge < -0.3 is 14.7 Å². The first kappa shape index (κ1) is 20.9. The van der Waals surface area contributed by atoms with Crippen molar-refractivity contribution in [3.63, 3.8) is 0 Å². The van der Waals surface area contributed by atoms with Crippen molar-refractivity contribution in [2.24, 2.45) is 11.1 Å². The number of aryl methyl sites for hydroxylation is 2. The highest BCUT2D eigenvalue weighted by Gasteiger charge is 2.36. The van der Waals surface area contributed by atoms with Crippen molar-refractivity contribution in [1.29, 1.82) is 0 Å². The number of fused-ring (bicyclic) bond motifs is 4. The number of hydrogen-bond acceptors (Lipinski definition) is 6. The summed E-state index contributed by atoms with van der Waals surface area (Å²) in [6.07, 6.45) is 2.93. The summed E-state index contributed by atoms with van der Waals surface area (Å²) in [5.41, 5.74) is 3.34. The monoisotopic (exact) mass is 446 g/mol. The molecule has 0 bridgehead atoms. The Kier molecular flexibility index (Phi) is 5.20. The minimum atomic E-state index is -1.09. The highest BCUT2D eigenvalue weighted by atomic mass is 16.4. The van der Waals surface area contributed by atoms with Crippen molar-refractivity contribution in [3.8, 4) is 0 Å². The van der Waals surface area contributed by atoms with E-state index in [0.717, 1.165) is 35.3 Å². The van der Waals surface area contributed by atoms with Gasteiger partial charge >= 0.3 is 5.97 Å². The van der Waals surface area contributed by atoms with E-state index in [1.807, 2.05) is 6.07 Å². The number of nitrogens with zero attached hydrogens (tertiary/aromatic N) is 2. The summed E-state index contributed by atoms with van der Waals surface area (Å²) in [6.45, 7) is -0.0358. The molecule has 0 radical (unpaired) electrons. The molecule has 0 spiro atoms. The van der Waals surface area contributed by atoms with Crippen molar-refractivity contribution < 1.29 is 29.1 Å². The molecular formula is C25H22N2O6. The molecule has 1 atom stereocenters. The molecule has 8 nitrogen and oxygen atoms in total. The molecule has 5 rings (SSSR count). The van der Waals surface area contributed by atoms with Gasteiger partial charge in [-0.3, -0.25) is 19.3 Å². The van der Waals surface area contributed by atoms with Gasteiger partial charge in [-0.2, -0.15) is 0 Å². The van der Waals surface area contributed by atoms with Crippen LogP contribution in [0.15, 0.2) is 52.0 Å². The van der Waals surface area contributed by atoms with Crippen LogP contribution in [0.3, 0.4) is 0 Å². The molecule has 0 saturated carbocycles. The third kappa shape index (κ3) is 3.57. The zero-order chi connectivity index (χ0) is 23.1. The van der Waals surface area contributed by atoms with Crippen LogP contribution in [0.1, 0.15) is 56.9 Å². The predicted octanol–water partition coefficient (Wildman–Crippen LogP) is 3.88. The summed E-state index contributed by atoms with van der Waals surface area (Å²) < 4.78 is 5.93. The molecule has 1 aliphatic heterocycles. The molecule has 1 aromatic heterocycles. The Balaban J connectivity index is 1.32. The topological polar surface area (TPSA) is 120 Å². The van der Waals surface area contributed by atoms with Crippen LogP contribution in [0.4, 0.5) is 0 Å². The second kappa shape index (κ2) is 8.20. The van der Waals surface area contributed by atoms with Crippen LogP contribution in [0.2, 0.25) is 0 Å². The highest BCUT2D eigenvalue weighted by Crippen LogP contribution is 2.33. The van der Waals surface area contributed by atoms with E-state index >= 15 is 0 Å². The first-order chi connectivity index (χ1) is 16.0. The van der Waals surface area contributed by atoms with Crippen LogP contribution in [-0.2, 0) is 17.6 Å². The Bertz CT molecular complexity index is 1290. The summed E-state index contributed by atoms with van der Waals surface area (Å²) in [7, 11) is 0. The number of amides is 2. The van der Waals surface area contributed by atoms with E-state index in [2.05, 4.69) is 5.16 Å². The lowest BCUT2D eigenvalue weighted by atomic mass is 9.94. The summed E-state index contributed by atoms with van der Waals surface area (Å²) in [6, 6.07) is 12.0. The van der Waals surface area contributed by atoms with Crippen molar-refractivity contribution in [2.45, 2.75) is 32.1 Å². The Morgan fingerprint density at radius 3 is 2.48 bits per heavy atom. The zero-order valence-corrected chi connectivity index (χ0v) is 17.8. The molecule has 2 aromatic carbocycles. The van der Waals surface area contributed by atoms with E-state index in [0.29, 0.717) is 22.3 Å². The molecule has 33 heavy (non-hydrogen) atoms. The lowest BCUT2D eigenvalue weighted by Gasteiger charge is -2.18. The first-order valence-corrected chi connectivity index (χ1v) is 10.9. The summed E-state index contributed by atoms with van der Waals surface area (Å²) in [5, 5.41) is 23.8. The fourth-order valence-electron chi connectivity index (χ4n) is 4.77. The van der Waals surface area contributed by atoms with Crippen molar-refractivity contribution in [1.82, 2.24) is 4.90 Å². The van der Waals surface area contributed by atoms with Gasteiger partial charge in [-0.1, -0.05) is 29.4 Å². The molecule has 168 valence electrons. The van der Waals surface area contributed by atoms with Crippen LogP contribution in [0, 0.1) is 5.92 Å². The highest BCUT2D eigenvalue weighted by molar-refractivity contribution is 6.21. The van der Waals surface area contributed by atoms with Gasteiger partial charge in [0.2, 0.25) is 0 Å². The molecule has 0 saturated heterocycles. The number of carbonyl (C=O) groups is 3. The molecule has 2 heterocycles. The SMILES string of the molecule is O=C(O)C(CCN1C(=O)c2ccccc2C1=O)CC(=NO)c1ccc2c3c(oc2c1)CCC3. The van der Waals surface area contributed by atoms with Gasteiger partial charge in [0.1, 0.15) is 11.3 Å². The maximum Gasteiger partial charge on any atom is 0.306 e. The number of furan rings is 1. The summed E-state index contributed by atoms with van der Waals surface area (Å²) >= 11 is 0. The number of benzene rings is 2. The fraction of sp³-hybridized carbons (Fsp3) is 0.280. The zero-order valence-electron chi connectivity index (χ0n) is 17.8. The minimum Gasteiger partial charge on any atom is -0.481 e. The fourth-order valence-corrected chi connectivity index (χ4v) is 4.77. The lowest BCUT2D eigenvalue weighted by molar-refractivity contribution is -0.141. The molecule has 1 unspecified atom stereocenters. The molecular weight excluding hydrogens is 424 g/mol. The van der Waals surface area contributed by atoms with Gasteiger partial charge in [0.15, 0.2) is 0 Å². The molecule has 2 amide bonds.